The lowest BCUT2D eigenvalue weighted by molar-refractivity contribution is 0.266. The van der Waals surface area contributed by atoms with Gasteiger partial charge in [-0.05, 0) is 43.7 Å². The summed E-state index contributed by atoms with van der Waals surface area (Å²) < 4.78 is 24.3. The Hall–Kier alpha value is -1.81. The van der Waals surface area contributed by atoms with Gasteiger partial charge in [0.1, 0.15) is 23.9 Å². The van der Waals surface area contributed by atoms with Gasteiger partial charge in [0.2, 0.25) is 0 Å². The molecule has 1 heterocycles. The average molecular weight is 249 g/mol. The smallest absolute Gasteiger partial charge is 0.146 e. The zero-order valence-corrected chi connectivity index (χ0v) is 10.4. The number of hydrogen-bond acceptors (Lipinski definition) is 3. The molecule has 3 nitrogen and oxygen atoms in total. The highest BCUT2D eigenvalue weighted by Crippen LogP contribution is 2.27. The molecule has 0 aliphatic carbocycles. The molecule has 1 aromatic heterocycles. The van der Waals surface area contributed by atoms with E-state index in [-0.39, 0.29) is 11.9 Å². The van der Waals surface area contributed by atoms with Crippen molar-refractivity contribution in [2.75, 3.05) is 0 Å². The van der Waals surface area contributed by atoms with E-state index in [1.165, 1.54) is 6.07 Å². The van der Waals surface area contributed by atoms with Crippen LogP contribution in [0.4, 0.5) is 4.39 Å². The predicted octanol–water partition coefficient (Wildman–Crippen LogP) is 3.33. The molecule has 18 heavy (non-hydrogen) atoms. The largest absolute Gasteiger partial charge is 0.485 e. The van der Waals surface area contributed by atoms with Crippen molar-refractivity contribution >= 4 is 0 Å². The van der Waals surface area contributed by atoms with E-state index < -0.39 is 0 Å². The minimum atomic E-state index is -0.285. The van der Waals surface area contributed by atoms with E-state index in [0.29, 0.717) is 29.2 Å². The maximum atomic E-state index is 13.5. The lowest BCUT2D eigenvalue weighted by atomic mass is 10.1. The van der Waals surface area contributed by atoms with Crippen LogP contribution in [0.3, 0.4) is 0 Å². The fourth-order valence-electron chi connectivity index (χ4n) is 1.69. The second kappa shape index (κ2) is 5.23. The second-order valence-electron chi connectivity index (χ2n) is 4.30. The van der Waals surface area contributed by atoms with Gasteiger partial charge in [-0.3, -0.25) is 0 Å². The summed E-state index contributed by atoms with van der Waals surface area (Å²) in [5, 5.41) is 0. The molecule has 0 saturated carbocycles. The lowest BCUT2D eigenvalue weighted by Gasteiger charge is -2.14. The molecule has 4 heteroatoms. The minimum absolute atomic E-state index is 0.271. The molecule has 0 aliphatic rings. The Balaban J connectivity index is 2.23. The van der Waals surface area contributed by atoms with E-state index in [1.54, 1.807) is 32.2 Å². The standard InChI is InChI=1S/C14H16FNO2/c1-9-6-14(12(10(2)16)7-13(9)15)18-8-11-4-3-5-17-11/h3-7,10H,8,16H2,1-2H3/t10-/m1/s1. The highest BCUT2D eigenvalue weighted by molar-refractivity contribution is 5.39. The molecule has 0 saturated heterocycles. The maximum Gasteiger partial charge on any atom is 0.146 e. The van der Waals surface area contributed by atoms with Gasteiger partial charge in [-0.1, -0.05) is 0 Å². The molecule has 0 aliphatic heterocycles. The van der Waals surface area contributed by atoms with Crippen molar-refractivity contribution in [3.63, 3.8) is 0 Å². The number of nitrogens with two attached hydrogens (primary N) is 1. The number of halogens is 1. The Morgan fingerprint density at radius 1 is 1.44 bits per heavy atom. The van der Waals surface area contributed by atoms with Crippen LogP contribution in [0, 0.1) is 12.7 Å². The van der Waals surface area contributed by atoms with E-state index >= 15 is 0 Å². The third-order valence-corrected chi connectivity index (χ3v) is 2.73. The molecule has 96 valence electrons. The van der Waals surface area contributed by atoms with Crippen molar-refractivity contribution in [2.45, 2.75) is 26.5 Å². The molecular weight excluding hydrogens is 233 g/mol. The van der Waals surface area contributed by atoms with Gasteiger partial charge in [0.05, 0.1) is 6.26 Å². The molecule has 2 rings (SSSR count). The second-order valence-corrected chi connectivity index (χ2v) is 4.30. The molecular formula is C14H16FNO2. The van der Waals surface area contributed by atoms with Crippen LogP contribution in [0.1, 0.15) is 29.9 Å². The van der Waals surface area contributed by atoms with Gasteiger partial charge in [-0.15, -0.1) is 0 Å². The van der Waals surface area contributed by atoms with Crippen molar-refractivity contribution in [3.8, 4) is 5.75 Å². The SMILES string of the molecule is Cc1cc(OCc2ccco2)c([C@@H](C)N)cc1F. The van der Waals surface area contributed by atoms with Gasteiger partial charge in [-0.2, -0.15) is 0 Å². The van der Waals surface area contributed by atoms with Crippen LogP contribution in [0.2, 0.25) is 0 Å². The molecule has 1 atom stereocenters. The monoisotopic (exact) mass is 249 g/mol. The normalized spacial score (nSPS) is 12.4. The number of ether oxygens (including phenoxy) is 1. The average Bonchev–Trinajstić information content (AvgIpc) is 2.83. The first-order valence-electron chi connectivity index (χ1n) is 5.78. The van der Waals surface area contributed by atoms with Gasteiger partial charge < -0.3 is 14.9 Å². The summed E-state index contributed by atoms with van der Waals surface area (Å²) in [6.07, 6.45) is 1.58. The van der Waals surface area contributed by atoms with Crippen LogP contribution in [0.5, 0.6) is 5.75 Å². The molecule has 2 N–H and O–H groups in total. The molecule has 0 spiro atoms. The first-order chi connectivity index (χ1) is 8.58. The predicted molar refractivity (Wildman–Crippen MR) is 66.8 cm³/mol. The summed E-state index contributed by atoms with van der Waals surface area (Å²) in [5.41, 5.74) is 7.01. The highest BCUT2D eigenvalue weighted by Gasteiger charge is 2.12. The molecule has 2 aromatic rings. The summed E-state index contributed by atoms with van der Waals surface area (Å²) in [7, 11) is 0. The third kappa shape index (κ3) is 2.71. The van der Waals surface area contributed by atoms with E-state index in [4.69, 9.17) is 14.9 Å². The van der Waals surface area contributed by atoms with Gasteiger partial charge in [0.15, 0.2) is 0 Å². The van der Waals surface area contributed by atoms with Crippen LogP contribution >= 0.6 is 0 Å². The Morgan fingerprint density at radius 3 is 2.83 bits per heavy atom. The molecule has 0 unspecified atom stereocenters. The zero-order valence-electron chi connectivity index (χ0n) is 10.4. The van der Waals surface area contributed by atoms with Crippen molar-refractivity contribution in [1.29, 1.82) is 0 Å². The fraction of sp³-hybridized carbons (Fsp3) is 0.286. The van der Waals surface area contributed by atoms with E-state index in [0.717, 1.165) is 0 Å². The number of furan rings is 1. The van der Waals surface area contributed by atoms with Crippen LogP contribution in [0.15, 0.2) is 34.9 Å². The Morgan fingerprint density at radius 2 is 2.22 bits per heavy atom. The van der Waals surface area contributed by atoms with Crippen LogP contribution in [-0.4, -0.2) is 0 Å². The van der Waals surface area contributed by atoms with Gasteiger partial charge >= 0.3 is 0 Å². The number of benzene rings is 1. The fourth-order valence-corrected chi connectivity index (χ4v) is 1.69. The molecule has 1 aromatic carbocycles. The topological polar surface area (TPSA) is 48.4 Å². The number of rotatable bonds is 4. The van der Waals surface area contributed by atoms with Crippen LogP contribution < -0.4 is 10.5 Å². The van der Waals surface area contributed by atoms with Gasteiger partial charge in [0.25, 0.3) is 0 Å². The van der Waals surface area contributed by atoms with Crippen LogP contribution in [0.25, 0.3) is 0 Å². The zero-order chi connectivity index (χ0) is 13.1. The van der Waals surface area contributed by atoms with E-state index in [1.807, 2.05) is 6.07 Å². The lowest BCUT2D eigenvalue weighted by Crippen LogP contribution is -2.09. The Kier molecular flexibility index (Phi) is 3.67. The molecule has 0 radical (unpaired) electrons. The van der Waals surface area contributed by atoms with E-state index in [9.17, 15) is 4.39 Å². The first-order valence-corrected chi connectivity index (χ1v) is 5.78. The van der Waals surface area contributed by atoms with Crippen molar-refractivity contribution in [3.05, 3.63) is 53.2 Å². The Bertz CT molecular complexity index is 521. The Labute approximate surface area is 105 Å². The first kappa shape index (κ1) is 12.6. The number of hydrogen-bond donors (Lipinski definition) is 1. The molecule has 0 amide bonds. The third-order valence-electron chi connectivity index (χ3n) is 2.73. The van der Waals surface area contributed by atoms with Crippen LogP contribution in [-0.2, 0) is 6.61 Å². The number of aryl methyl sites for hydroxylation is 1. The van der Waals surface area contributed by atoms with E-state index in [2.05, 4.69) is 0 Å². The maximum absolute atomic E-state index is 13.5. The molecule has 0 bridgehead atoms. The highest BCUT2D eigenvalue weighted by atomic mass is 19.1. The van der Waals surface area contributed by atoms with Gasteiger partial charge in [0, 0.05) is 11.6 Å². The minimum Gasteiger partial charge on any atom is -0.485 e. The van der Waals surface area contributed by atoms with Gasteiger partial charge in [-0.25, -0.2) is 4.39 Å². The summed E-state index contributed by atoms with van der Waals surface area (Å²) in [4.78, 5) is 0. The van der Waals surface area contributed by atoms with Crippen molar-refractivity contribution in [2.24, 2.45) is 5.73 Å². The summed E-state index contributed by atoms with van der Waals surface area (Å²) in [6.45, 7) is 3.79. The summed E-state index contributed by atoms with van der Waals surface area (Å²) >= 11 is 0. The summed E-state index contributed by atoms with van der Waals surface area (Å²) in [5.74, 6) is 1.04. The van der Waals surface area contributed by atoms with Crippen molar-refractivity contribution < 1.29 is 13.5 Å². The summed E-state index contributed by atoms with van der Waals surface area (Å²) in [6, 6.07) is 6.42. The van der Waals surface area contributed by atoms with Crippen molar-refractivity contribution in [1.82, 2.24) is 0 Å². The quantitative estimate of drug-likeness (QED) is 0.904. The molecule has 0 fully saturated rings.